The summed E-state index contributed by atoms with van der Waals surface area (Å²) in [5.74, 6) is -0.697. The zero-order valence-electron chi connectivity index (χ0n) is 13.5. The Morgan fingerprint density at radius 3 is 2.80 bits per heavy atom. The maximum Gasteiger partial charge on any atom is 0.326 e. The van der Waals surface area contributed by atoms with Gasteiger partial charge in [-0.15, -0.1) is 0 Å². The molecule has 1 unspecified atom stereocenters. The van der Waals surface area contributed by atoms with Gasteiger partial charge in [0.15, 0.2) is 0 Å². The highest BCUT2D eigenvalue weighted by molar-refractivity contribution is 5.84. The number of likely N-dealkylation sites (tertiary alicyclic amines) is 1. The first-order valence-electron chi connectivity index (χ1n) is 8.15. The number of carboxylic acid groups (broad SMARTS) is 1. The lowest BCUT2D eigenvalue weighted by atomic mass is 10.2. The minimum absolute atomic E-state index is 0.164. The van der Waals surface area contributed by atoms with Crippen LogP contribution in [0.1, 0.15) is 31.6 Å². The van der Waals surface area contributed by atoms with E-state index >= 15 is 0 Å². The van der Waals surface area contributed by atoms with Crippen molar-refractivity contribution >= 4 is 11.9 Å². The Morgan fingerprint density at radius 2 is 2.08 bits per heavy atom. The van der Waals surface area contributed by atoms with Gasteiger partial charge in [0.2, 0.25) is 17.6 Å². The second kappa shape index (κ2) is 7.42. The fourth-order valence-electron chi connectivity index (χ4n) is 2.93. The molecule has 8 heteroatoms. The van der Waals surface area contributed by atoms with Crippen molar-refractivity contribution < 1.29 is 23.6 Å². The van der Waals surface area contributed by atoms with Crippen LogP contribution < -0.4 is 0 Å². The Balaban J connectivity index is 1.52. The molecular formula is C17H18FN3O4. The van der Waals surface area contributed by atoms with Crippen LogP contribution in [0.25, 0.3) is 11.4 Å². The highest BCUT2D eigenvalue weighted by Gasteiger charge is 2.33. The van der Waals surface area contributed by atoms with E-state index in [1.165, 1.54) is 17.0 Å². The van der Waals surface area contributed by atoms with E-state index in [1.807, 2.05) is 0 Å². The highest BCUT2D eigenvalue weighted by Crippen LogP contribution is 2.20. The molecule has 0 saturated carbocycles. The molecule has 7 nitrogen and oxygen atoms in total. The van der Waals surface area contributed by atoms with E-state index in [0.717, 1.165) is 0 Å². The summed E-state index contributed by atoms with van der Waals surface area (Å²) in [5, 5.41) is 13.0. The molecule has 3 rings (SSSR count). The summed E-state index contributed by atoms with van der Waals surface area (Å²) in [4.78, 5) is 28.9. The molecule has 2 aromatic rings. The van der Waals surface area contributed by atoms with Gasteiger partial charge in [-0.1, -0.05) is 5.16 Å². The van der Waals surface area contributed by atoms with E-state index in [4.69, 9.17) is 9.63 Å². The molecule has 25 heavy (non-hydrogen) atoms. The van der Waals surface area contributed by atoms with Crippen LogP contribution in [0.15, 0.2) is 28.8 Å². The van der Waals surface area contributed by atoms with Crippen LogP contribution >= 0.6 is 0 Å². The predicted molar refractivity (Wildman–Crippen MR) is 85.0 cm³/mol. The van der Waals surface area contributed by atoms with Crippen LogP contribution in [0.5, 0.6) is 0 Å². The Hall–Kier alpha value is -2.77. The van der Waals surface area contributed by atoms with Gasteiger partial charge in [0, 0.05) is 24.9 Å². The lowest BCUT2D eigenvalue weighted by molar-refractivity contribution is -0.148. The molecule has 1 atom stereocenters. The Bertz CT molecular complexity index is 760. The maximum absolute atomic E-state index is 12.9. The zero-order chi connectivity index (χ0) is 17.8. The Kier molecular flexibility index (Phi) is 5.06. The fourth-order valence-corrected chi connectivity index (χ4v) is 2.93. The number of hydrogen-bond donors (Lipinski definition) is 1. The average Bonchev–Trinajstić information content (AvgIpc) is 3.25. The van der Waals surface area contributed by atoms with Crippen molar-refractivity contribution in [1.29, 1.82) is 0 Å². The van der Waals surface area contributed by atoms with Crippen molar-refractivity contribution in [3.8, 4) is 11.4 Å². The predicted octanol–water partition coefficient (Wildman–Crippen LogP) is 2.27. The second-order valence-corrected chi connectivity index (χ2v) is 5.96. The normalized spacial score (nSPS) is 17.0. The number of amides is 1. The molecule has 1 amide bonds. The van der Waals surface area contributed by atoms with Gasteiger partial charge >= 0.3 is 5.97 Å². The van der Waals surface area contributed by atoms with Crippen molar-refractivity contribution in [2.45, 2.75) is 38.1 Å². The van der Waals surface area contributed by atoms with E-state index < -0.39 is 12.0 Å². The summed E-state index contributed by atoms with van der Waals surface area (Å²) < 4.78 is 18.1. The highest BCUT2D eigenvalue weighted by atomic mass is 19.1. The molecule has 1 N–H and O–H groups in total. The number of benzene rings is 1. The number of aryl methyl sites for hydroxylation is 1. The first kappa shape index (κ1) is 17.1. The van der Waals surface area contributed by atoms with Gasteiger partial charge in [-0.25, -0.2) is 9.18 Å². The van der Waals surface area contributed by atoms with Gasteiger partial charge in [-0.2, -0.15) is 4.98 Å². The minimum Gasteiger partial charge on any atom is -0.480 e. The van der Waals surface area contributed by atoms with Gasteiger partial charge in [0.25, 0.3) is 0 Å². The smallest absolute Gasteiger partial charge is 0.326 e. The first-order valence-corrected chi connectivity index (χ1v) is 8.15. The lowest BCUT2D eigenvalue weighted by Gasteiger charge is -2.21. The number of carbonyl (C=O) groups is 2. The third kappa shape index (κ3) is 4.01. The first-order chi connectivity index (χ1) is 12.0. The number of aliphatic carboxylic acids is 1. The monoisotopic (exact) mass is 347 g/mol. The van der Waals surface area contributed by atoms with Crippen LogP contribution in [0.4, 0.5) is 4.39 Å². The topological polar surface area (TPSA) is 96.5 Å². The van der Waals surface area contributed by atoms with E-state index in [2.05, 4.69) is 10.1 Å². The molecule has 1 saturated heterocycles. The summed E-state index contributed by atoms with van der Waals surface area (Å²) in [6.07, 6.45) is 2.37. The van der Waals surface area contributed by atoms with E-state index in [0.29, 0.717) is 49.5 Å². The molecule has 2 heterocycles. The Morgan fingerprint density at radius 1 is 1.32 bits per heavy atom. The van der Waals surface area contributed by atoms with E-state index in [1.54, 1.807) is 12.1 Å². The molecule has 0 radical (unpaired) electrons. The average molecular weight is 347 g/mol. The number of aromatic nitrogens is 2. The second-order valence-electron chi connectivity index (χ2n) is 5.96. The van der Waals surface area contributed by atoms with Crippen molar-refractivity contribution in [3.63, 3.8) is 0 Å². The SMILES string of the molecule is O=C(O)C1CCCN1C(=O)CCCc1nc(-c2ccc(F)cc2)no1. The molecule has 0 aliphatic carbocycles. The van der Waals surface area contributed by atoms with E-state index in [-0.39, 0.29) is 18.1 Å². The summed E-state index contributed by atoms with van der Waals surface area (Å²) >= 11 is 0. The van der Waals surface area contributed by atoms with Crippen molar-refractivity contribution in [3.05, 3.63) is 36.0 Å². The molecule has 1 fully saturated rings. The van der Waals surface area contributed by atoms with Gasteiger partial charge in [0.1, 0.15) is 11.9 Å². The number of hydrogen-bond acceptors (Lipinski definition) is 5. The summed E-state index contributed by atoms with van der Waals surface area (Å²) in [6, 6.07) is 5.05. The van der Waals surface area contributed by atoms with Crippen LogP contribution in [-0.4, -0.2) is 44.6 Å². The fraction of sp³-hybridized carbons (Fsp3) is 0.412. The van der Waals surface area contributed by atoms with Crippen molar-refractivity contribution in [1.82, 2.24) is 15.0 Å². The minimum atomic E-state index is -0.952. The number of carbonyl (C=O) groups excluding carboxylic acids is 1. The van der Waals surface area contributed by atoms with Crippen molar-refractivity contribution in [2.75, 3.05) is 6.54 Å². The molecule has 1 aromatic carbocycles. The molecule has 1 aliphatic rings. The largest absolute Gasteiger partial charge is 0.480 e. The van der Waals surface area contributed by atoms with Gasteiger partial charge in [0.05, 0.1) is 0 Å². The maximum atomic E-state index is 12.9. The number of nitrogens with zero attached hydrogens (tertiary/aromatic N) is 3. The van der Waals surface area contributed by atoms with Crippen molar-refractivity contribution in [2.24, 2.45) is 0 Å². The molecule has 0 bridgehead atoms. The standard InChI is InChI=1S/C17H18FN3O4/c18-12-8-6-11(7-9-12)16-19-14(25-20-16)4-1-5-15(22)21-10-2-3-13(21)17(23)24/h6-9,13H,1-5,10H2,(H,23,24). The van der Waals surface area contributed by atoms with Gasteiger partial charge in [-0.05, 0) is 43.5 Å². The van der Waals surface area contributed by atoms with Crippen LogP contribution in [0, 0.1) is 5.82 Å². The lowest BCUT2D eigenvalue weighted by Crippen LogP contribution is -2.40. The summed E-state index contributed by atoms with van der Waals surface area (Å²) in [5.41, 5.74) is 0.647. The van der Waals surface area contributed by atoms with Gasteiger partial charge < -0.3 is 14.5 Å². The van der Waals surface area contributed by atoms with Crippen LogP contribution in [0.2, 0.25) is 0 Å². The zero-order valence-corrected chi connectivity index (χ0v) is 13.5. The molecule has 1 aromatic heterocycles. The molecule has 132 valence electrons. The number of carboxylic acids is 1. The molecule has 1 aliphatic heterocycles. The third-order valence-electron chi connectivity index (χ3n) is 4.21. The van der Waals surface area contributed by atoms with Gasteiger partial charge in [-0.3, -0.25) is 4.79 Å². The van der Waals surface area contributed by atoms with Crippen LogP contribution in [0.3, 0.4) is 0 Å². The molecule has 0 spiro atoms. The van der Waals surface area contributed by atoms with Crippen LogP contribution in [-0.2, 0) is 16.0 Å². The summed E-state index contributed by atoms with van der Waals surface area (Å²) in [6.45, 7) is 0.491. The summed E-state index contributed by atoms with van der Waals surface area (Å²) in [7, 11) is 0. The quantitative estimate of drug-likeness (QED) is 0.861. The number of halogens is 1. The van der Waals surface area contributed by atoms with E-state index in [9.17, 15) is 14.0 Å². The molecular weight excluding hydrogens is 329 g/mol. The number of rotatable bonds is 6. The Labute approximate surface area is 143 Å². The third-order valence-corrected chi connectivity index (χ3v) is 4.21.